The summed E-state index contributed by atoms with van der Waals surface area (Å²) < 4.78 is 17.7. The SMILES string of the molecule is CC/C=C\C/C=C\C/C=C\C/C=C\C/C=C\C/C=C\CCCCCCCCC(=O)OC1C(OCC(NC(=O)C(O)CCCCCCCCCCCCCCCC/C=C\C/C=C\CCCCC)C(O)/C=C/CCCCCCCCCCCC)OC(CO)C(O)C1O. The van der Waals surface area contributed by atoms with Crippen LogP contribution in [0.3, 0.4) is 0 Å². The number of aliphatic hydroxyl groups excluding tert-OH is 5. The van der Waals surface area contributed by atoms with E-state index in [4.69, 9.17) is 14.2 Å². The molecule has 6 N–H and O–H groups in total. The van der Waals surface area contributed by atoms with Crippen LogP contribution in [-0.4, -0.2) is 99.6 Å². The Balaban J connectivity index is 2.56. The summed E-state index contributed by atoms with van der Waals surface area (Å²) in [6.07, 6.45) is 79.8. The van der Waals surface area contributed by atoms with E-state index in [2.05, 4.69) is 123 Å². The third-order valence-electron chi connectivity index (χ3n) is 16.9. The molecule has 518 valence electrons. The Bertz CT molecular complexity index is 1890. The minimum Gasteiger partial charge on any atom is -0.454 e. The number of aliphatic hydroxyl groups is 5. The maximum atomic E-state index is 13.5. The minimum absolute atomic E-state index is 0.102. The van der Waals surface area contributed by atoms with Crippen molar-refractivity contribution in [3.05, 3.63) is 109 Å². The second-order valence-corrected chi connectivity index (χ2v) is 25.3. The minimum atomic E-state index is -1.63. The van der Waals surface area contributed by atoms with Crippen LogP contribution >= 0.6 is 0 Å². The normalized spacial score (nSPS) is 18.7. The summed E-state index contributed by atoms with van der Waals surface area (Å²) in [5, 5.41) is 57.3. The lowest BCUT2D eigenvalue weighted by molar-refractivity contribution is -0.305. The molecule has 0 aliphatic carbocycles. The Morgan fingerprint density at radius 1 is 0.444 bits per heavy atom. The van der Waals surface area contributed by atoms with Gasteiger partial charge in [-0.25, -0.2) is 0 Å². The first kappa shape index (κ1) is 84.3. The van der Waals surface area contributed by atoms with Gasteiger partial charge in [0, 0.05) is 6.42 Å². The summed E-state index contributed by atoms with van der Waals surface area (Å²) in [4.78, 5) is 26.7. The van der Waals surface area contributed by atoms with Crippen LogP contribution in [0.25, 0.3) is 0 Å². The quantitative estimate of drug-likeness (QED) is 0.0195. The average Bonchev–Trinajstić information content (AvgIpc) is 1.18. The van der Waals surface area contributed by atoms with Crippen molar-refractivity contribution in [2.24, 2.45) is 0 Å². The van der Waals surface area contributed by atoms with E-state index in [0.29, 0.717) is 12.8 Å². The van der Waals surface area contributed by atoms with Crippen LogP contribution in [-0.2, 0) is 23.8 Å². The van der Waals surface area contributed by atoms with E-state index in [1.165, 1.54) is 148 Å². The molecule has 0 spiro atoms. The largest absolute Gasteiger partial charge is 0.454 e. The number of carbonyl (C=O) groups is 2. The van der Waals surface area contributed by atoms with Crippen molar-refractivity contribution < 1.29 is 49.3 Å². The predicted octanol–water partition coefficient (Wildman–Crippen LogP) is 19.6. The number of ether oxygens (including phenoxy) is 3. The number of hydrogen-bond acceptors (Lipinski definition) is 10. The van der Waals surface area contributed by atoms with E-state index in [1.807, 2.05) is 6.08 Å². The van der Waals surface area contributed by atoms with Crippen molar-refractivity contribution in [2.45, 2.75) is 365 Å². The fourth-order valence-electron chi connectivity index (χ4n) is 11.1. The van der Waals surface area contributed by atoms with Crippen molar-refractivity contribution in [2.75, 3.05) is 13.2 Å². The van der Waals surface area contributed by atoms with Crippen LogP contribution < -0.4 is 5.32 Å². The van der Waals surface area contributed by atoms with Crippen molar-refractivity contribution in [1.29, 1.82) is 0 Å². The summed E-state index contributed by atoms with van der Waals surface area (Å²) in [5.41, 5.74) is 0. The van der Waals surface area contributed by atoms with Crippen LogP contribution in [0.5, 0.6) is 0 Å². The third-order valence-corrected chi connectivity index (χ3v) is 16.9. The molecule has 1 aliphatic heterocycles. The van der Waals surface area contributed by atoms with Crippen LogP contribution in [0.4, 0.5) is 0 Å². The molecule has 0 aromatic rings. The molecule has 1 rings (SSSR count). The molecule has 0 aromatic heterocycles. The molecule has 8 atom stereocenters. The molecular formula is C79H137NO10. The van der Waals surface area contributed by atoms with Crippen LogP contribution in [0, 0.1) is 0 Å². The molecule has 0 bridgehead atoms. The van der Waals surface area contributed by atoms with Gasteiger partial charge < -0.3 is 45.1 Å². The Labute approximate surface area is 551 Å². The van der Waals surface area contributed by atoms with Crippen molar-refractivity contribution >= 4 is 11.9 Å². The highest BCUT2D eigenvalue weighted by Crippen LogP contribution is 2.26. The highest BCUT2D eigenvalue weighted by molar-refractivity contribution is 5.80. The fraction of sp³-hybridized carbons (Fsp3) is 0.747. The van der Waals surface area contributed by atoms with Gasteiger partial charge >= 0.3 is 5.97 Å². The number of carbonyl (C=O) groups excluding carboxylic acids is 2. The van der Waals surface area contributed by atoms with Gasteiger partial charge in [0.15, 0.2) is 12.4 Å². The zero-order chi connectivity index (χ0) is 65.3. The van der Waals surface area contributed by atoms with Crippen LogP contribution in [0.15, 0.2) is 109 Å². The smallest absolute Gasteiger partial charge is 0.306 e. The first-order valence-corrected chi connectivity index (χ1v) is 37.2. The lowest BCUT2D eigenvalue weighted by Gasteiger charge is -2.41. The fourth-order valence-corrected chi connectivity index (χ4v) is 11.1. The molecule has 0 aromatic carbocycles. The lowest BCUT2D eigenvalue weighted by atomic mass is 9.99. The van der Waals surface area contributed by atoms with E-state index < -0.39 is 67.4 Å². The zero-order valence-electron chi connectivity index (χ0n) is 57.7. The number of esters is 1. The van der Waals surface area contributed by atoms with Crippen molar-refractivity contribution in [3.8, 4) is 0 Å². The van der Waals surface area contributed by atoms with Gasteiger partial charge in [-0.2, -0.15) is 0 Å². The second-order valence-electron chi connectivity index (χ2n) is 25.3. The Morgan fingerprint density at radius 3 is 1.22 bits per heavy atom. The molecule has 0 radical (unpaired) electrons. The number of nitrogens with one attached hydrogen (secondary N) is 1. The highest BCUT2D eigenvalue weighted by Gasteiger charge is 2.47. The molecule has 1 aliphatic rings. The monoisotopic (exact) mass is 1260 g/mol. The molecule has 11 heteroatoms. The molecule has 0 saturated carbocycles. The summed E-state index contributed by atoms with van der Waals surface area (Å²) in [6, 6.07) is -1.03. The summed E-state index contributed by atoms with van der Waals surface area (Å²) >= 11 is 0. The average molecular weight is 1260 g/mol. The number of rotatable bonds is 63. The molecule has 1 amide bonds. The summed E-state index contributed by atoms with van der Waals surface area (Å²) in [7, 11) is 0. The van der Waals surface area contributed by atoms with Crippen LogP contribution in [0.2, 0.25) is 0 Å². The molecule has 11 nitrogen and oxygen atoms in total. The first-order valence-electron chi connectivity index (χ1n) is 37.2. The summed E-state index contributed by atoms with van der Waals surface area (Å²) in [5.74, 6) is -1.21. The maximum absolute atomic E-state index is 13.5. The lowest BCUT2D eigenvalue weighted by Crippen LogP contribution is -2.61. The topological polar surface area (TPSA) is 175 Å². The second kappa shape index (κ2) is 65.4. The van der Waals surface area contributed by atoms with E-state index in [-0.39, 0.29) is 19.4 Å². The van der Waals surface area contributed by atoms with Gasteiger partial charge in [-0.3, -0.25) is 9.59 Å². The molecule has 90 heavy (non-hydrogen) atoms. The molecule has 1 saturated heterocycles. The molecule has 8 unspecified atom stereocenters. The molecule has 1 fully saturated rings. The molecule has 1 heterocycles. The predicted molar refractivity (Wildman–Crippen MR) is 379 cm³/mol. The number of amides is 1. The Kier molecular flexibility index (Phi) is 61.3. The van der Waals surface area contributed by atoms with Gasteiger partial charge in [0.2, 0.25) is 5.91 Å². The van der Waals surface area contributed by atoms with Crippen molar-refractivity contribution in [3.63, 3.8) is 0 Å². The third kappa shape index (κ3) is 51.8. The van der Waals surface area contributed by atoms with Crippen LogP contribution in [0.1, 0.15) is 316 Å². The van der Waals surface area contributed by atoms with Gasteiger partial charge in [-0.1, -0.05) is 310 Å². The van der Waals surface area contributed by atoms with Gasteiger partial charge in [0.05, 0.1) is 25.4 Å². The number of unbranched alkanes of at least 4 members (excludes halogenated alkanes) is 33. The first-order chi connectivity index (χ1) is 44.2. The molecular weight excluding hydrogens is 1120 g/mol. The number of hydrogen-bond donors (Lipinski definition) is 6. The standard InChI is InChI=1S/C79H137NO10/c1-4-7-10-13-16-19-22-25-27-29-31-33-35-37-39-41-43-45-47-49-52-55-58-61-64-67-74(84)90-77-76(86)75(85)73(68-81)89-79(77)88-69-70(71(82)65-62-59-56-53-50-24-21-18-15-12-9-6-3)80-78(87)72(83)66-63-60-57-54-51-48-46-44-42-40-38-36-34-32-30-28-26-23-20-17-14-11-8-5-2/h7,10,16-17,19-20,25-28,31,33,37,39,43,45,62,65,70-73,75-77,79,81-83,85-86H,4-6,8-9,11-15,18,21-24,29-30,32,34-36,38,40-42,44,46-61,63-64,66-69H2,1-3H3,(H,80,87)/b10-7-,19-16-,20-17-,27-25-,28-26-,33-31-,39-37-,45-43-,65-62+. The highest BCUT2D eigenvalue weighted by atomic mass is 16.7. The Hall–Kier alpha value is -3.68. The van der Waals surface area contributed by atoms with E-state index in [9.17, 15) is 35.1 Å². The maximum Gasteiger partial charge on any atom is 0.306 e. The Morgan fingerprint density at radius 2 is 0.800 bits per heavy atom. The van der Waals surface area contributed by atoms with Gasteiger partial charge in [-0.15, -0.1) is 0 Å². The van der Waals surface area contributed by atoms with Gasteiger partial charge in [0.1, 0.15) is 24.4 Å². The van der Waals surface area contributed by atoms with Gasteiger partial charge in [-0.05, 0) is 109 Å². The summed E-state index contributed by atoms with van der Waals surface area (Å²) in [6.45, 7) is 5.67. The van der Waals surface area contributed by atoms with E-state index >= 15 is 0 Å². The van der Waals surface area contributed by atoms with Gasteiger partial charge in [0.25, 0.3) is 0 Å². The number of allylic oxidation sites excluding steroid dienone is 17. The van der Waals surface area contributed by atoms with E-state index in [0.717, 1.165) is 122 Å². The zero-order valence-corrected chi connectivity index (χ0v) is 57.7. The van der Waals surface area contributed by atoms with E-state index in [1.54, 1.807) is 6.08 Å². The van der Waals surface area contributed by atoms with Crippen molar-refractivity contribution in [1.82, 2.24) is 5.32 Å².